The van der Waals surface area contributed by atoms with Gasteiger partial charge in [-0.25, -0.2) is 0 Å². The Kier molecular flexibility index (Phi) is 5.73. The van der Waals surface area contributed by atoms with E-state index >= 15 is 0 Å². The molecule has 0 saturated heterocycles. The fourth-order valence-corrected chi connectivity index (χ4v) is 2.49. The highest BCUT2D eigenvalue weighted by Gasteiger charge is 2.19. The van der Waals surface area contributed by atoms with E-state index in [0.717, 1.165) is 17.1 Å². The number of rotatable bonds is 7. The van der Waals surface area contributed by atoms with E-state index in [2.05, 4.69) is 0 Å². The van der Waals surface area contributed by atoms with Gasteiger partial charge in [0.25, 0.3) is 0 Å². The average Bonchev–Trinajstić information content (AvgIpc) is 2.98. The molecule has 1 amide bonds. The van der Waals surface area contributed by atoms with Gasteiger partial charge in [0.15, 0.2) is 11.5 Å². The van der Waals surface area contributed by atoms with E-state index < -0.39 is 0 Å². The first-order valence-electron chi connectivity index (χ1n) is 7.57. The lowest BCUT2D eigenvalue weighted by Gasteiger charge is -2.19. The van der Waals surface area contributed by atoms with Crippen molar-refractivity contribution in [2.24, 2.45) is 0 Å². The van der Waals surface area contributed by atoms with E-state index in [4.69, 9.17) is 18.6 Å². The van der Waals surface area contributed by atoms with Crippen molar-refractivity contribution in [2.45, 2.75) is 19.9 Å². The van der Waals surface area contributed by atoms with Crippen LogP contribution in [0.25, 0.3) is 0 Å². The van der Waals surface area contributed by atoms with Crippen LogP contribution in [-0.2, 0) is 17.8 Å². The number of furan rings is 1. The molecule has 130 valence electrons. The topological polar surface area (TPSA) is 61.1 Å². The first-order chi connectivity index (χ1) is 11.5. The molecule has 2 rings (SSSR count). The van der Waals surface area contributed by atoms with Crippen LogP contribution in [0, 0.1) is 6.92 Å². The Morgan fingerprint density at radius 2 is 1.75 bits per heavy atom. The van der Waals surface area contributed by atoms with Crippen LogP contribution in [0.3, 0.4) is 0 Å². The molecule has 0 aliphatic rings. The van der Waals surface area contributed by atoms with Crippen LogP contribution < -0.4 is 14.2 Å². The van der Waals surface area contributed by atoms with Gasteiger partial charge in [0.2, 0.25) is 11.7 Å². The molecule has 0 spiro atoms. The van der Waals surface area contributed by atoms with Crippen LogP contribution in [0.5, 0.6) is 17.2 Å². The maximum Gasteiger partial charge on any atom is 0.227 e. The molecule has 0 atom stereocenters. The van der Waals surface area contributed by atoms with Gasteiger partial charge in [0.05, 0.1) is 34.3 Å². The number of nitrogens with zero attached hydrogens (tertiary/aromatic N) is 1. The highest BCUT2D eigenvalue weighted by molar-refractivity contribution is 5.80. The summed E-state index contributed by atoms with van der Waals surface area (Å²) < 4.78 is 21.5. The number of methoxy groups -OCH3 is 3. The molecule has 6 nitrogen and oxygen atoms in total. The Morgan fingerprint density at radius 1 is 1.04 bits per heavy atom. The maximum atomic E-state index is 12.5. The number of aryl methyl sites for hydroxylation is 1. The Morgan fingerprint density at radius 3 is 2.29 bits per heavy atom. The number of carbonyl (C=O) groups is 1. The van der Waals surface area contributed by atoms with Crippen molar-refractivity contribution in [1.82, 2.24) is 4.90 Å². The van der Waals surface area contributed by atoms with Crippen LogP contribution in [0.15, 0.2) is 28.7 Å². The van der Waals surface area contributed by atoms with Gasteiger partial charge >= 0.3 is 0 Å². The maximum absolute atomic E-state index is 12.5. The number of likely N-dealkylation sites (N-methyl/N-ethyl adjacent to an activating group) is 1. The number of hydrogen-bond donors (Lipinski definition) is 0. The zero-order valence-corrected chi connectivity index (χ0v) is 14.7. The molecule has 0 bridgehead atoms. The molecule has 1 heterocycles. The molecule has 0 N–H and O–H groups in total. The molecular weight excluding hydrogens is 310 g/mol. The van der Waals surface area contributed by atoms with Crippen molar-refractivity contribution in [2.75, 3.05) is 28.4 Å². The largest absolute Gasteiger partial charge is 0.493 e. The summed E-state index contributed by atoms with van der Waals surface area (Å²) >= 11 is 0. The third kappa shape index (κ3) is 3.82. The quantitative estimate of drug-likeness (QED) is 0.780. The summed E-state index contributed by atoms with van der Waals surface area (Å²) in [6, 6.07) is 7.32. The minimum atomic E-state index is -0.0467. The second-order valence-corrected chi connectivity index (χ2v) is 5.43. The monoisotopic (exact) mass is 333 g/mol. The zero-order chi connectivity index (χ0) is 17.7. The lowest BCUT2D eigenvalue weighted by Crippen LogP contribution is -2.27. The molecule has 0 fully saturated rings. The van der Waals surface area contributed by atoms with Crippen LogP contribution in [0.4, 0.5) is 0 Å². The summed E-state index contributed by atoms with van der Waals surface area (Å²) in [6.07, 6.45) is 0.194. The van der Waals surface area contributed by atoms with E-state index in [0.29, 0.717) is 23.8 Å². The van der Waals surface area contributed by atoms with Crippen LogP contribution in [0.2, 0.25) is 0 Å². The zero-order valence-electron chi connectivity index (χ0n) is 14.7. The van der Waals surface area contributed by atoms with Gasteiger partial charge < -0.3 is 23.5 Å². The predicted octanol–water partition coefficient (Wildman–Crippen LogP) is 2.81. The molecule has 2 aromatic rings. The summed E-state index contributed by atoms with van der Waals surface area (Å²) in [5.41, 5.74) is 0.739. The molecule has 0 aliphatic heterocycles. The second-order valence-electron chi connectivity index (χ2n) is 5.43. The van der Waals surface area contributed by atoms with Gasteiger partial charge in [-0.3, -0.25) is 4.79 Å². The van der Waals surface area contributed by atoms with E-state index in [9.17, 15) is 4.79 Å². The highest BCUT2D eigenvalue weighted by atomic mass is 16.5. The number of ether oxygens (including phenoxy) is 3. The Labute approximate surface area is 141 Å². The van der Waals surface area contributed by atoms with Gasteiger partial charge in [0.1, 0.15) is 11.5 Å². The fraction of sp³-hybridized carbons (Fsp3) is 0.389. The first-order valence-corrected chi connectivity index (χ1v) is 7.57. The van der Waals surface area contributed by atoms with E-state index in [1.54, 1.807) is 32.2 Å². The van der Waals surface area contributed by atoms with Gasteiger partial charge in [0, 0.05) is 12.6 Å². The fourth-order valence-electron chi connectivity index (χ4n) is 2.49. The molecule has 0 unspecified atom stereocenters. The predicted molar refractivity (Wildman–Crippen MR) is 89.7 cm³/mol. The third-order valence-corrected chi connectivity index (χ3v) is 3.74. The van der Waals surface area contributed by atoms with Crippen molar-refractivity contribution in [1.29, 1.82) is 0 Å². The van der Waals surface area contributed by atoms with E-state index in [-0.39, 0.29) is 12.3 Å². The number of hydrogen-bond acceptors (Lipinski definition) is 5. The Bertz CT molecular complexity index is 707. The van der Waals surface area contributed by atoms with Crippen LogP contribution >= 0.6 is 0 Å². The smallest absolute Gasteiger partial charge is 0.227 e. The number of amides is 1. The van der Waals surface area contributed by atoms with Crippen molar-refractivity contribution >= 4 is 5.91 Å². The Balaban J connectivity index is 2.15. The van der Waals surface area contributed by atoms with Gasteiger partial charge in [-0.2, -0.15) is 0 Å². The molecule has 0 aliphatic carbocycles. The average molecular weight is 333 g/mol. The number of carbonyl (C=O) groups excluding carboxylic acids is 1. The molecule has 0 radical (unpaired) electrons. The van der Waals surface area contributed by atoms with Gasteiger partial charge in [-0.05, 0) is 25.1 Å². The van der Waals surface area contributed by atoms with Crippen molar-refractivity contribution in [3.05, 3.63) is 41.3 Å². The molecule has 0 saturated carbocycles. The highest BCUT2D eigenvalue weighted by Crippen LogP contribution is 2.40. The lowest BCUT2D eigenvalue weighted by atomic mass is 10.1. The van der Waals surface area contributed by atoms with Crippen molar-refractivity contribution < 1.29 is 23.4 Å². The van der Waals surface area contributed by atoms with Crippen LogP contribution in [0.1, 0.15) is 17.1 Å². The second kappa shape index (κ2) is 7.77. The minimum absolute atomic E-state index is 0.0467. The molecular formula is C18H23NO5. The first kappa shape index (κ1) is 17.7. The van der Waals surface area contributed by atoms with Crippen molar-refractivity contribution in [3.8, 4) is 17.2 Å². The SMILES string of the molecule is COc1ccc(CC(=O)N(C)Cc2ccc(C)o2)c(OC)c1OC. The normalized spacial score (nSPS) is 10.4. The van der Waals surface area contributed by atoms with Crippen molar-refractivity contribution in [3.63, 3.8) is 0 Å². The molecule has 1 aromatic heterocycles. The van der Waals surface area contributed by atoms with E-state index in [1.807, 2.05) is 25.1 Å². The summed E-state index contributed by atoms with van der Waals surface area (Å²) in [4.78, 5) is 14.1. The Hall–Kier alpha value is -2.63. The van der Waals surface area contributed by atoms with Gasteiger partial charge in [-0.1, -0.05) is 6.07 Å². The summed E-state index contributed by atoms with van der Waals surface area (Å²) in [7, 11) is 6.38. The number of benzene rings is 1. The molecule has 24 heavy (non-hydrogen) atoms. The lowest BCUT2D eigenvalue weighted by molar-refractivity contribution is -0.129. The standard InChI is InChI=1S/C18H23NO5/c1-12-6-8-14(24-12)11-19(2)16(20)10-13-7-9-15(21-3)18(23-5)17(13)22-4/h6-9H,10-11H2,1-5H3. The summed E-state index contributed by atoms with van der Waals surface area (Å²) in [6.45, 7) is 2.29. The minimum Gasteiger partial charge on any atom is -0.493 e. The molecule has 1 aromatic carbocycles. The third-order valence-electron chi connectivity index (χ3n) is 3.74. The van der Waals surface area contributed by atoms with Gasteiger partial charge in [-0.15, -0.1) is 0 Å². The van der Waals surface area contributed by atoms with E-state index in [1.165, 1.54) is 7.11 Å². The summed E-state index contributed by atoms with van der Waals surface area (Å²) in [5.74, 6) is 3.08. The van der Waals surface area contributed by atoms with Crippen LogP contribution in [-0.4, -0.2) is 39.2 Å². The summed E-state index contributed by atoms with van der Waals surface area (Å²) in [5, 5.41) is 0. The molecule has 6 heteroatoms.